The van der Waals surface area contributed by atoms with E-state index in [0.717, 1.165) is 16.1 Å². The van der Waals surface area contributed by atoms with Crippen LogP contribution in [0.15, 0.2) is 54.6 Å². The molecule has 0 aliphatic carbocycles. The number of anilines is 1. The molecule has 0 heterocycles. The van der Waals surface area contributed by atoms with Crippen molar-refractivity contribution in [1.82, 2.24) is 5.32 Å². The van der Waals surface area contributed by atoms with Crippen LogP contribution >= 0.6 is 11.6 Å². The van der Waals surface area contributed by atoms with E-state index >= 15 is 0 Å². The maximum atomic E-state index is 12.3. The molecular weight excluding hydrogens is 348 g/mol. The molecule has 0 radical (unpaired) electrons. The van der Waals surface area contributed by atoms with Crippen molar-refractivity contribution in [2.24, 2.45) is 0 Å². The molecule has 24 heavy (non-hydrogen) atoms. The van der Waals surface area contributed by atoms with Crippen molar-refractivity contribution in [3.05, 3.63) is 65.2 Å². The van der Waals surface area contributed by atoms with Gasteiger partial charge in [0.25, 0.3) is 0 Å². The van der Waals surface area contributed by atoms with E-state index in [1.807, 2.05) is 37.3 Å². The number of nitrogens with one attached hydrogen (secondary N) is 1. The van der Waals surface area contributed by atoms with E-state index < -0.39 is 15.9 Å². The lowest BCUT2D eigenvalue weighted by Gasteiger charge is -2.23. The van der Waals surface area contributed by atoms with E-state index in [0.29, 0.717) is 10.7 Å². The summed E-state index contributed by atoms with van der Waals surface area (Å²) in [6.07, 6.45) is 1.06. The highest BCUT2D eigenvalue weighted by Crippen LogP contribution is 2.21. The molecule has 0 aromatic heterocycles. The van der Waals surface area contributed by atoms with Crippen molar-refractivity contribution < 1.29 is 13.2 Å². The minimum atomic E-state index is -3.62. The first-order valence-corrected chi connectivity index (χ1v) is 9.57. The number of amides is 1. The molecule has 0 saturated heterocycles. The van der Waals surface area contributed by atoms with Crippen LogP contribution in [0.1, 0.15) is 18.5 Å². The average Bonchev–Trinajstić information content (AvgIpc) is 2.52. The van der Waals surface area contributed by atoms with Gasteiger partial charge in [0.15, 0.2) is 0 Å². The van der Waals surface area contributed by atoms with Crippen molar-refractivity contribution in [2.75, 3.05) is 17.1 Å². The minimum Gasteiger partial charge on any atom is -0.348 e. The van der Waals surface area contributed by atoms with Gasteiger partial charge in [0.1, 0.15) is 6.54 Å². The SMILES string of the molecule is C[C@@H](NC(=O)CN(c1cccc(Cl)c1)S(C)(=O)=O)c1ccccc1. The van der Waals surface area contributed by atoms with Crippen molar-refractivity contribution >= 4 is 33.2 Å². The number of hydrogen-bond donors (Lipinski definition) is 1. The van der Waals surface area contributed by atoms with Gasteiger partial charge in [0, 0.05) is 5.02 Å². The number of benzene rings is 2. The zero-order valence-corrected chi connectivity index (χ0v) is 15.0. The second-order valence-electron chi connectivity index (χ2n) is 5.45. The topological polar surface area (TPSA) is 66.5 Å². The largest absolute Gasteiger partial charge is 0.348 e. The summed E-state index contributed by atoms with van der Waals surface area (Å²) in [5.74, 6) is -0.392. The number of sulfonamides is 1. The highest BCUT2D eigenvalue weighted by atomic mass is 35.5. The first-order chi connectivity index (χ1) is 11.3. The third-order valence-electron chi connectivity index (χ3n) is 3.46. The van der Waals surface area contributed by atoms with E-state index in [2.05, 4.69) is 5.32 Å². The fourth-order valence-electron chi connectivity index (χ4n) is 2.27. The van der Waals surface area contributed by atoms with E-state index in [4.69, 9.17) is 11.6 Å². The molecule has 2 aromatic rings. The Morgan fingerprint density at radius 1 is 1.17 bits per heavy atom. The summed E-state index contributed by atoms with van der Waals surface area (Å²) < 4.78 is 25.1. The Bertz CT molecular complexity index is 810. The second kappa shape index (κ2) is 7.68. The van der Waals surface area contributed by atoms with Gasteiger partial charge in [-0.05, 0) is 30.7 Å². The predicted molar refractivity (Wildman–Crippen MR) is 96.6 cm³/mol. The van der Waals surface area contributed by atoms with Gasteiger partial charge in [-0.3, -0.25) is 9.10 Å². The number of rotatable bonds is 6. The molecule has 2 aromatic carbocycles. The number of hydrogen-bond acceptors (Lipinski definition) is 3. The molecule has 128 valence electrons. The fourth-order valence-corrected chi connectivity index (χ4v) is 3.31. The molecule has 0 aliphatic rings. The van der Waals surface area contributed by atoms with Crippen LogP contribution in [-0.2, 0) is 14.8 Å². The Kier molecular flexibility index (Phi) is 5.85. The van der Waals surface area contributed by atoms with Crippen molar-refractivity contribution in [3.63, 3.8) is 0 Å². The summed E-state index contributed by atoms with van der Waals surface area (Å²) in [6, 6.07) is 15.6. The predicted octanol–water partition coefficient (Wildman–Crippen LogP) is 2.98. The van der Waals surface area contributed by atoms with Crippen LogP contribution < -0.4 is 9.62 Å². The average molecular weight is 367 g/mol. The van der Waals surface area contributed by atoms with Gasteiger partial charge < -0.3 is 5.32 Å². The second-order valence-corrected chi connectivity index (χ2v) is 7.79. The van der Waals surface area contributed by atoms with Crippen molar-refractivity contribution in [2.45, 2.75) is 13.0 Å². The molecule has 2 rings (SSSR count). The molecular formula is C17H19ClN2O3S. The van der Waals surface area contributed by atoms with Crippen LogP contribution in [0.2, 0.25) is 5.02 Å². The first-order valence-electron chi connectivity index (χ1n) is 7.35. The van der Waals surface area contributed by atoms with Crippen LogP contribution in [0, 0.1) is 0 Å². The van der Waals surface area contributed by atoms with Crippen molar-refractivity contribution in [3.8, 4) is 0 Å². The van der Waals surface area contributed by atoms with Gasteiger partial charge in [-0.15, -0.1) is 0 Å². The maximum Gasteiger partial charge on any atom is 0.241 e. The number of halogens is 1. The Hall–Kier alpha value is -2.05. The normalized spacial score (nSPS) is 12.5. The van der Waals surface area contributed by atoms with Gasteiger partial charge in [-0.2, -0.15) is 0 Å². The zero-order valence-electron chi connectivity index (χ0n) is 13.4. The maximum absolute atomic E-state index is 12.3. The third kappa shape index (κ3) is 4.97. The Balaban J connectivity index is 2.14. The van der Waals surface area contributed by atoms with Gasteiger partial charge in [0.05, 0.1) is 18.0 Å². The number of carbonyl (C=O) groups excluding carboxylic acids is 1. The highest BCUT2D eigenvalue weighted by Gasteiger charge is 2.22. The fraction of sp³-hybridized carbons (Fsp3) is 0.235. The summed E-state index contributed by atoms with van der Waals surface area (Å²) in [5, 5.41) is 3.21. The Morgan fingerprint density at radius 2 is 1.83 bits per heavy atom. The Morgan fingerprint density at radius 3 is 2.42 bits per heavy atom. The molecule has 5 nitrogen and oxygen atoms in total. The van der Waals surface area contributed by atoms with E-state index in [9.17, 15) is 13.2 Å². The monoisotopic (exact) mass is 366 g/mol. The lowest BCUT2D eigenvalue weighted by molar-refractivity contribution is -0.120. The quantitative estimate of drug-likeness (QED) is 0.854. The molecule has 0 spiro atoms. The molecule has 1 N–H and O–H groups in total. The van der Waals surface area contributed by atoms with Crippen LogP contribution in [0.3, 0.4) is 0 Å². The summed E-state index contributed by atoms with van der Waals surface area (Å²) in [7, 11) is -3.62. The van der Waals surface area contributed by atoms with Crippen LogP contribution in [0.25, 0.3) is 0 Å². The molecule has 0 saturated carbocycles. The lowest BCUT2D eigenvalue weighted by Crippen LogP contribution is -2.41. The summed E-state index contributed by atoms with van der Waals surface area (Å²) in [5.41, 5.74) is 1.30. The summed E-state index contributed by atoms with van der Waals surface area (Å²) in [6.45, 7) is 1.54. The molecule has 0 fully saturated rings. The summed E-state index contributed by atoms with van der Waals surface area (Å²) in [4.78, 5) is 12.3. The third-order valence-corrected chi connectivity index (χ3v) is 4.84. The molecule has 0 bridgehead atoms. The van der Waals surface area contributed by atoms with Crippen LogP contribution in [0.4, 0.5) is 5.69 Å². The van der Waals surface area contributed by atoms with Gasteiger partial charge in [0.2, 0.25) is 15.9 Å². The van der Waals surface area contributed by atoms with Crippen molar-refractivity contribution in [1.29, 1.82) is 0 Å². The first kappa shape index (κ1) is 18.3. The van der Waals surface area contributed by atoms with E-state index in [-0.39, 0.29) is 12.6 Å². The standard InChI is InChI=1S/C17H19ClN2O3S/c1-13(14-7-4-3-5-8-14)19-17(21)12-20(24(2,22)23)16-10-6-9-15(18)11-16/h3-11,13H,12H2,1-2H3,(H,19,21)/t13-/m1/s1. The van der Waals surface area contributed by atoms with Crippen LogP contribution in [-0.4, -0.2) is 27.1 Å². The lowest BCUT2D eigenvalue weighted by atomic mass is 10.1. The molecule has 0 aliphatic heterocycles. The minimum absolute atomic E-state index is 0.223. The Labute approximate surface area is 147 Å². The smallest absolute Gasteiger partial charge is 0.241 e. The number of nitrogens with zero attached hydrogens (tertiary/aromatic N) is 1. The zero-order chi connectivity index (χ0) is 17.7. The van der Waals surface area contributed by atoms with Gasteiger partial charge >= 0.3 is 0 Å². The summed E-state index contributed by atoms with van der Waals surface area (Å²) >= 11 is 5.92. The van der Waals surface area contributed by atoms with E-state index in [1.54, 1.807) is 18.2 Å². The molecule has 0 unspecified atom stereocenters. The highest BCUT2D eigenvalue weighted by molar-refractivity contribution is 7.92. The van der Waals surface area contributed by atoms with Crippen LogP contribution in [0.5, 0.6) is 0 Å². The van der Waals surface area contributed by atoms with Gasteiger partial charge in [-0.25, -0.2) is 8.42 Å². The molecule has 1 atom stereocenters. The molecule has 7 heteroatoms. The van der Waals surface area contributed by atoms with E-state index in [1.165, 1.54) is 6.07 Å². The molecule has 1 amide bonds. The van der Waals surface area contributed by atoms with Gasteiger partial charge in [-0.1, -0.05) is 48.0 Å². The number of carbonyl (C=O) groups is 1.